The first-order chi connectivity index (χ1) is 10.7. The fourth-order valence-corrected chi connectivity index (χ4v) is 2.18. The van der Waals surface area contributed by atoms with Crippen LogP contribution >= 0.6 is 0 Å². The number of nitrogens with zero attached hydrogens (tertiary/aromatic N) is 2. The zero-order valence-electron chi connectivity index (χ0n) is 12.3. The second kappa shape index (κ2) is 6.34. The molecule has 0 unspecified atom stereocenters. The van der Waals surface area contributed by atoms with Crippen molar-refractivity contribution in [3.8, 4) is 11.5 Å². The van der Waals surface area contributed by atoms with Gasteiger partial charge in [-0.1, -0.05) is 6.07 Å². The molecule has 2 aromatic rings. The SMILES string of the molecule is Cn1cc(C=CC(=O)NCCc2ccc3c(c2)OCO3)cn1. The molecule has 114 valence electrons. The van der Waals surface area contributed by atoms with Crippen LogP contribution in [0.4, 0.5) is 0 Å². The zero-order chi connectivity index (χ0) is 15.4. The van der Waals surface area contributed by atoms with E-state index >= 15 is 0 Å². The summed E-state index contributed by atoms with van der Waals surface area (Å²) in [6, 6.07) is 5.81. The van der Waals surface area contributed by atoms with Crippen LogP contribution in [0.2, 0.25) is 0 Å². The number of rotatable bonds is 5. The van der Waals surface area contributed by atoms with Gasteiger partial charge in [-0.05, 0) is 30.2 Å². The number of amides is 1. The van der Waals surface area contributed by atoms with Gasteiger partial charge in [0.05, 0.1) is 6.20 Å². The highest BCUT2D eigenvalue weighted by Crippen LogP contribution is 2.32. The first kappa shape index (κ1) is 14.2. The van der Waals surface area contributed by atoms with E-state index in [0.717, 1.165) is 29.0 Å². The van der Waals surface area contributed by atoms with Crippen LogP contribution < -0.4 is 14.8 Å². The second-order valence-electron chi connectivity index (χ2n) is 5.01. The maximum absolute atomic E-state index is 11.7. The molecule has 1 aromatic carbocycles. The summed E-state index contributed by atoms with van der Waals surface area (Å²) >= 11 is 0. The Morgan fingerprint density at radius 1 is 1.41 bits per heavy atom. The minimum atomic E-state index is -0.121. The average molecular weight is 299 g/mol. The number of carbonyl (C=O) groups excluding carboxylic acids is 1. The molecule has 1 N–H and O–H groups in total. The molecule has 0 saturated carbocycles. The predicted molar refractivity (Wildman–Crippen MR) is 81.5 cm³/mol. The van der Waals surface area contributed by atoms with Gasteiger partial charge in [-0.2, -0.15) is 5.10 Å². The van der Waals surface area contributed by atoms with E-state index in [2.05, 4.69) is 10.4 Å². The minimum absolute atomic E-state index is 0.121. The molecule has 1 aliphatic heterocycles. The maximum Gasteiger partial charge on any atom is 0.244 e. The van der Waals surface area contributed by atoms with Crippen molar-refractivity contribution in [2.75, 3.05) is 13.3 Å². The molecule has 0 saturated heterocycles. The van der Waals surface area contributed by atoms with Gasteiger partial charge in [0.25, 0.3) is 0 Å². The lowest BCUT2D eigenvalue weighted by Crippen LogP contribution is -2.23. The number of hydrogen-bond donors (Lipinski definition) is 1. The molecule has 1 amide bonds. The van der Waals surface area contributed by atoms with Crippen molar-refractivity contribution in [2.24, 2.45) is 7.05 Å². The van der Waals surface area contributed by atoms with Gasteiger partial charge < -0.3 is 14.8 Å². The summed E-state index contributed by atoms with van der Waals surface area (Å²) in [5.41, 5.74) is 1.99. The second-order valence-corrected chi connectivity index (χ2v) is 5.01. The van der Waals surface area contributed by atoms with Crippen LogP contribution in [-0.2, 0) is 18.3 Å². The lowest BCUT2D eigenvalue weighted by Gasteiger charge is -2.04. The lowest BCUT2D eigenvalue weighted by atomic mass is 10.1. The molecular formula is C16H17N3O3. The highest BCUT2D eigenvalue weighted by atomic mass is 16.7. The summed E-state index contributed by atoms with van der Waals surface area (Å²) in [5, 5.41) is 6.89. The summed E-state index contributed by atoms with van der Waals surface area (Å²) < 4.78 is 12.3. The molecule has 22 heavy (non-hydrogen) atoms. The summed E-state index contributed by atoms with van der Waals surface area (Å²) in [4.78, 5) is 11.7. The van der Waals surface area contributed by atoms with E-state index in [4.69, 9.17) is 9.47 Å². The van der Waals surface area contributed by atoms with Crippen molar-refractivity contribution < 1.29 is 14.3 Å². The van der Waals surface area contributed by atoms with Crippen molar-refractivity contribution in [3.05, 3.63) is 47.8 Å². The van der Waals surface area contributed by atoms with E-state index in [1.54, 1.807) is 17.0 Å². The van der Waals surface area contributed by atoms with E-state index in [1.807, 2.05) is 31.4 Å². The highest BCUT2D eigenvalue weighted by Gasteiger charge is 2.12. The predicted octanol–water partition coefficient (Wildman–Crippen LogP) is 1.52. The maximum atomic E-state index is 11.7. The molecule has 6 heteroatoms. The number of fused-ring (bicyclic) bond motifs is 1. The Morgan fingerprint density at radius 2 is 2.27 bits per heavy atom. The lowest BCUT2D eigenvalue weighted by molar-refractivity contribution is -0.116. The van der Waals surface area contributed by atoms with Gasteiger partial charge in [0.1, 0.15) is 0 Å². The minimum Gasteiger partial charge on any atom is -0.454 e. The van der Waals surface area contributed by atoms with Crippen molar-refractivity contribution in [1.29, 1.82) is 0 Å². The van der Waals surface area contributed by atoms with Crippen LogP contribution in [0.1, 0.15) is 11.1 Å². The quantitative estimate of drug-likeness (QED) is 0.850. The van der Waals surface area contributed by atoms with E-state index < -0.39 is 0 Å². The molecule has 0 atom stereocenters. The summed E-state index contributed by atoms with van der Waals surface area (Å²) in [6.07, 6.45) is 7.54. The van der Waals surface area contributed by atoms with Crippen molar-refractivity contribution in [2.45, 2.75) is 6.42 Å². The number of carbonyl (C=O) groups is 1. The number of aromatic nitrogens is 2. The van der Waals surface area contributed by atoms with Gasteiger partial charge in [0.2, 0.25) is 12.7 Å². The van der Waals surface area contributed by atoms with Gasteiger partial charge in [-0.15, -0.1) is 0 Å². The molecule has 0 aliphatic carbocycles. The average Bonchev–Trinajstić information content (AvgIpc) is 3.13. The van der Waals surface area contributed by atoms with Gasteiger partial charge in [-0.3, -0.25) is 9.48 Å². The largest absolute Gasteiger partial charge is 0.454 e. The van der Waals surface area contributed by atoms with E-state index in [9.17, 15) is 4.79 Å². The molecule has 2 heterocycles. The van der Waals surface area contributed by atoms with E-state index in [-0.39, 0.29) is 12.7 Å². The van der Waals surface area contributed by atoms with E-state index in [0.29, 0.717) is 6.54 Å². The third-order valence-electron chi connectivity index (χ3n) is 3.30. The van der Waals surface area contributed by atoms with Crippen LogP contribution in [0, 0.1) is 0 Å². The Balaban J connectivity index is 1.46. The van der Waals surface area contributed by atoms with Gasteiger partial charge in [0.15, 0.2) is 11.5 Å². The molecule has 1 aromatic heterocycles. The van der Waals surface area contributed by atoms with E-state index in [1.165, 1.54) is 6.08 Å². The Bertz CT molecular complexity index is 706. The van der Waals surface area contributed by atoms with Gasteiger partial charge >= 0.3 is 0 Å². The van der Waals surface area contributed by atoms with Crippen molar-refractivity contribution in [1.82, 2.24) is 15.1 Å². The zero-order valence-corrected chi connectivity index (χ0v) is 12.3. The van der Waals surface area contributed by atoms with Crippen LogP contribution in [0.25, 0.3) is 6.08 Å². The number of nitrogens with one attached hydrogen (secondary N) is 1. The Labute approximate surface area is 128 Å². The fourth-order valence-electron chi connectivity index (χ4n) is 2.18. The highest BCUT2D eigenvalue weighted by molar-refractivity contribution is 5.91. The van der Waals surface area contributed by atoms with Crippen molar-refractivity contribution >= 4 is 12.0 Å². The molecule has 3 rings (SSSR count). The molecule has 6 nitrogen and oxygen atoms in total. The standard InChI is InChI=1S/C16H17N3O3/c1-19-10-13(9-18-19)3-5-16(20)17-7-6-12-2-4-14-15(8-12)22-11-21-14/h2-5,8-10H,6-7,11H2,1H3,(H,17,20). The monoisotopic (exact) mass is 299 g/mol. The summed E-state index contributed by atoms with van der Waals surface area (Å²) in [6.45, 7) is 0.838. The van der Waals surface area contributed by atoms with Crippen molar-refractivity contribution in [3.63, 3.8) is 0 Å². The number of benzene rings is 1. The van der Waals surface area contributed by atoms with Crippen LogP contribution in [0.5, 0.6) is 11.5 Å². The summed E-state index contributed by atoms with van der Waals surface area (Å²) in [7, 11) is 1.84. The number of ether oxygens (including phenoxy) is 2. The molecular weight excluding hydrogens is 282 g/mol. The topological polar surface area (TPSA) is 65.4 Å². The first-order valence-corrected chi connectivity index (χ1v) is 7.04. The third-order valence-corrected chi connectivity index (χ3v) is 3.30. The van der Waals surface area contributed by atoms with Crippen LogP contribution in [0.15, 0.2) is 36.7 Å². The molecule has 0 fully saturated rings. The smallest absolute Gasteiger partial charge is 0.244 e. The summed E-state index contributed by atoms with van der Waals surface area (Å²) in [5.74, 6) is 1.41. The van der Waals surface area contributed by atoms with Crippen LogP contribution in [-0.4, -0.2) is 29.0 Å². The molecule has 1 aliphatic rings. The fraction of sp³-hybridized carbons (Fsp3) is 0.250. The van der Waals surface area contributed by atoms with Crippen LogP contribution in [0.3, 0.4) is 0 Å². The number of hydrogen-bond acceptors (Lipinski definition) is 4. The Kier molecular flexibility index (Phi) is 4.09. The number of aryl methyl sites for hydroxylation is 1. The first-order valence-electron chi connectivity index (χ1n) is 7.04. The Hall–Kier alpha value is -2.76. The van der Waals surface area contributed by atoms with Gasteiger partial charge in [0, 0.05) is 31.4 Å². The van der Waals surface area contributed by atoms with Gasteiger partial charge in [-0.25, -0.2) is 0 Å². The molecule has 0 spiro atoms. The third kappa shape index (κ3) is 3.46. The molecule has 0 radical (unpaired) electrons. The normalized spacial score (nSPS) is 12.8. The Morgan fingerprint density at radius 3 is 3.09 bits per heavy atom. The molecule has 0 bridgehead atoms.